The summed E-state index contributed by atoms with van der Waals surface area (Å²) >= 11 is 0. The van der Waals surface area contributed by atoms with Crippen molar-refractivity contribution >= 4 is 46.1 Å². The van der Waals surface area contributed by atoms with Gasteiger partial charge in [0.1, 0.15) is 28.9 Å². The van der Waals surface area contributed by atoms with Crippen LogP contribution < -0.4 is 16.4 Å². The predicted octanol–water partition coefficient (Wildman–Crippen LogP) is 4.74. The number of rotatable bonds is 5. The average Bonchev–Trinajstić information content (AvgIpc) is 3.25. The van der Waals surface area contributed by atoms with Crippen molar-refractivity contribution in [2.45, 2.75) is 56.8 Å². The number of nitrogen functional groups attached to an aromatic ring is 1. The number of nitrogens with two attached hydrogens (primary N) is 1. The number of halogens is 3. The van der Waals surface area contributed by atoms with Crippen LogP contribution in [0.5, 0.6) is 0 Å². The molecule has 240 valence electrons. The molecule has 0 atom stereocenters. The Labute approximate surface area is 257 Å². The number of hydrogen-bond acceptors (Lipinski definition) is 10. The number of likely N-dealkylation sites (tertiary alicyclic amines) is 1. The number of nitrogens with zero attached hydrogens (tertiary/aromatic N) is 8. The lowest BCUT2D eigenvalue weighted by atomic mass is 10.0. The Morgan fingerprint density at radius 2 is 1.85 bits per heavy atom. The third kappa shape index (κ3) is 4.89. The Kier molecular flexibility index (Phi) is 6.40. The first-order chi connectivity index (χ1) is 21.7. The van der Waals surface area contributed by atoms with Crippen LogP contribution in [-0.2, 0) is 10.2 Å². The highest BCUT2D eigenvalue weighted by molar-refractivity contribution is 6.02. The van der Waals surface area contributed by atoms with Crippen LogP contribution >= 0.6 is 0 Å². The van der Waals surface area contributed by atoms with Crippen molar-refractivity contribution in [2.75, 3.05) is 29.5 Å². The van der Waals surface area contributed by atoms with Crippen LogP contribution in [0.4, 0.5) is 40.1 Å². The number of nitrogens with one attached hydrogen (secondary N) is 2. The van der Waals surface area contributed by atoms with Gasteiger partial charge in [0.15, 0.2) is 22.9 Å². The van der Waals surface area contributed by atoms with Crippen molar-refractivity contribution in [2.24, 2.45) is 0 Å². The largest absolute Gasteiger partial charge is 0.444 e. The number of ether oxygens (including phenoxy) is 1. The van der Waals surface area contributed by atoms with Crippen LogP contribution in [0.25, 0.3) is 28.1 Å². The van der Waals surface area contributed by atoms with Crippen LogP contribution in [0.15, 0.2) is 41.4 Å². The number of pyridine rings is 1. The molecule has 2 aliphatic rings. The quantitative estimate of drug-likeness (QED) is 0.243. The molecule has 7 rings (SSSR count). The summed E-state index contributed by atoms with van der Waals surface area (Å²) in [6.45, 7) is 6.12. The number of carbonyl (C=O) groups excluding carboxylic acids is 2. The molecule has 0 bridgehead atoms. The van der Waals surface area contributed by atoms with Crippen LogP contribution in [0.3, 0.4) is 0 Å². The Hall–Kier alpha value is -5.42. The summed E-state index contributed by atoms with van der Waals surface area (Å²) in [5.41, 5.74) is 5.77. The minimum atomic E-state index is -4.48. The Morgan fingerprint density at radius 3 is 2.54 bits per heavy atom. The summed E-state index contributed by atoms with van der Waals surface area (Å²) in [6, 6.07) is 3.43. The fourth-order valence-corrected chi connectivity index (χ4v) is 5.44. The SMILES string of the molecule is CC(C)(C)OC(=O)N1CC(n2nc(-c3ccc(NC(=O)Nc4cc(C5(C(F)(F)F)CC5)on4)c4nccn34)c3c(N)ncnc32)C1. The van der Waals surface area contributed by atoms with Gasteiger partial charge in [-0.25, -0.2) is 29.2 Å². The van der Waals surface area contributed by atoms with Crippen LogP contribution in [0, 0.1) is 0 Å². The van der Waals surface area contributed by atoms with Crippen LogP contribution in [0.2, 0.25) is 0 Å². The lowest BCUT2D eigenvalue weighted by Gasteiger charge is -2.39. The molecule has 1 aliphatic carbocycles. The summed E-state index contributed by atoms with van der Waals surface area (Å²) in [5.74, 6) is -0.299. The molecule has 5 aromatic rings. The zero-order valence-corrected chi connectivity index (χ0v) is 24.8. The van der Waals surface area contributed by atoms with Gasteiger partial charge in [-0.05, 0) is 45.7 Å². The molecule has 2 fully saturated rings. The van der Waals surface area contributed by atoms with Crippen molar-refractivity contribution in [1.29, 1.82) is 0 Å². The lowest BCUT2D eigenvalue weighted by Crippen LogP contribution is -2.52. The topological polar surface area (TPSA) is 184 Å². The Bertz CT molecular complexity index is 2000. The molecule has 1 saturated heterocycles. The maximum atomic E-state index is 13.4. The fraction of sp³-hybridized carbons (Fsp3) is 0.393. The zero-order chi connectivity index (χ0) is 32.6. The summed E-state index contributed by atoms with van der Waals surface area (Å²) < 4.78 is 54.1. The number of anilines is 3. The van der Waals surface area contributed by atoms with Gasteiger partial charge in [0.05, 0.1) is 22.8 Å². The number of carbonyl (C=O) groups is 2. The molecular weight excluding hydrogens is 611 g/mol. The summed E-state index contributed by atoms with van der Waals surface area (Å²) in [7, 11) is 0. The first-order valence-corrected chi connectivity index (χ1v) is 14.3. The summed E-state index contributed by atoms with van der Waals surface area (Å²) in [6.07, 6.45) is -0.552. The normalized spacial score (nSPS) is 16.4. The van der Waals surface area contributed by atoms with Crippen molar-refractivity contribution in [3.05, 3.63) is 42.7 Å². The second-order valence-corrected chi connectivity index (χ2v) is 12.3. The van der Waals surface area contributed by atoms with E-state index in [1.165, 1.54) is 12.5 Å². The number of urea groups is 1. The molecule has 15 nitrogen and oxygen atoms in total. The third-order valence-corrected chi connectivity index (χ3v) is 7.93. The molecule has 0 unspecified atom stereocenters. The minimum Gasteiger partial charge on any atom is -0.444 e. The smallest absolute Gasteiger partial charge is 0.410 e. The number of fused-ring (bicyclic) bond motifs is 2. The van der Waals surface area contributed by atoms with Gasteiger partial charge in [-0.3, -0.25) is 9.72 Å². The van der Waals surface area contributed by atoms with Crippen molar-refractivity contribution < 1.29 is 32.0 Å². The highest BCUT2D eigenvalue weighted by Crippen LogP contribution is 2.59. The van der Waals surface area contributed by atoms with Gasteiger partial charge in [-0.15, -0.1) is 0 Å². The molecule has 0 aromatic carbocycles. The van der Waals surface area contributed by atoms with Gasteiger partial charge >= 0.3 is 18.3 Å². The molecule has 4 N–H and O–H groups in total. The van der Waals surface area contributed by atoms with E-state index in [-0.39, 0.29) is 36.3 Å². The molecule has 1 aliphatic heterocycles. The average molecular weight is 640 g/mol. The number of alkyl halides is 3. The number of hydrogen-bond donors (Lipinski definition) is 3. The van der Waals surface area contributed by atoms with Crippen molar-refractivity contribution in [3.63, 3.8) is 0 Å². The van der Waals surface area contributed by atoms with Gasteiger partial charge in [0.25, 0.3) is 0 Å². The lowest BCUT2D eigenvalue weighted by molar-refractivity contribution is -0.165. The number of imidazole rings is 1. The van der Waals surface area contributed by atoms with Gasteiger partial charge in [-0.1, -0.05) is 5.16 Å². The third-order valence-electron chi connectivity index (χ3n) is 7.93. The van der Waals surface area contributed by atoms with E-state index in [1.54, 1.807) is 53.1 Å². The maximum absolute atomic E-state index is 13.4. The van der Waals surface area contributed by atoms with Gasteiger partial charge in [0, 0.05) is 31.5 Å². The molecule has 46 heavy (non-hydrogen) atoms. The Balaban J connectivity index is 1.14. The second-order valence-electron chi connectivity index (χ2n) is 12.3. The number of amides is 3. The monoisotopic (exact) mass is 639 g/mol. The number of aromatic nitrogens is 7. The molecule has 6 heterocycles. The maximum Gasteiger partial charge on any atom is 0.410 e. The van der Waals surface area contributed by atoms with Gasteiger partial charge in [0.2, 0.25) is 0 Å². The highest BCUT2D eigenvalue weighted by atomic mass is 19.4. The van der Waals surface area contributed by atoms with E-state index in [0.29, 0.717) is 46.8 Å². The molecular formula is C28H28F3N11O4. The molecule has 5 aromatic heterocycles. The fourth-order valence-electron chi connectivity index (χ4n) is 5.44. The molecule has 18 heteroatoms. The van der Waals surface area contributed by atoms with Crippen LogP contribution in [-0.4, -0.2) is 76.2 Å². The summed E-state index contributed by atoms with van der Waals surface area (Å²) in [5, 5.41) is 14.0. The minimum absolute atomic E-state index is 0.0992. The van der Waals surface area contributed by atoms with E-state index in [0.717, 1.165) is 6.07 Å². The molecule has 0 spiro atoms. The predicted molar refractivity (Wildman–Crippen MR) is 157 cm³/mol. The van der Waals surface area contributed by atoms with Crippen molar-refractivity contribution in [3.8, 4) is 11.4 Å². The first kappa shape index (κ1) is 29.3. The Morgan fingerprint density at radius 1 is 1.09 bits per heavy atom. The van der Waals surface area contributed by atoms with E-state index in [1.807, 2.05) is 0 Å². The standard InChI is InChI=1S/C28H28F3N11O4/c1-26(2,3)45-25(44)40-11-14(12-40)42-23-19(21(32)34-13-35-23)20(38-42)16-5-4-15(22-33-8-9-41(16)22)36-24(43)37-18-10-17(46-39-18)27(6-7-27)28(29,30)31/h4-5,8-10,13-14H,6-7,11-12H2,1-3H3,(H2,32,34,35)(H2,36,37,39,43). The van der Waals surface area contributed by atoms with Gasteiger partial charge in [-0.2, -0.15) is 18.3 Å². The van der Waals surface area contributed by atoms with E-state index >= 15 is 0 Å². The van der Waals surface area contributed by atoms with E-state index in [4.69, 9.17) is 20.1 Å². The van der Waals surface area contributed by atoms with E-state index < -0.39 is 29.3 Å². The van der Waals surface area contributed by atoms with E-state index in [9.17, 15) is 22.8 Å². The van der Waals surface area contributed by atoms with Crippen molar-refractivity contribution in [1.82, 2.24) is 39.2 Å². The van der Waals surface area contributed by atoms with Crippen LogP contribution in [0.1, 0.15) is 45.4 Å². The molecule has 1 saturated carbocycles. The zero-order valence-electron chi connectivity index (χ0n) is 24.8. The first-order valence-electron chi connectivity index (χ1n) is 14.3. The van der Waals surface area contributed by atoms with Gasteiger partial charge < -0.3 is 25.2 Å². The molecule has 3 amide bonds. The molecule has 0 radical (unpaired) electrons. The van der Waals surface area contributed by atoms with E-state index in [2.05, 4.69) is 30.7 Å². The summed E-state index contributed by atoms with van der Waals surface area (Å²) in [4.78, 5) is 39.8. The second kappa shape index (κ2) is 10.0. The highest BCUT2D eigenvalue weighted by Gasteiger charge is 2.67.